The summed E-state index contributed by atoms with van der Waals surface area (Å²) < 4.78 is 8.66. The van der Waals surface area contributed by atoms with Crippen LogP contribution in [0.4, 0.5) is 0 Å². The second-order valence-electron chi connectivity index (χ2n) is 11.3. The average Bonchev–Trinajstić information content (AvgIpc) is 3.15. The third-order valence-corrected chi connectivity index (χ3v) is 17.1. The molecule has 0 amide bonds. The zero-order chi connectivity index (χ0) is 37.2. The van der Waals surface area contributed by atoms with E-state index in [9.17, 15) is 0 Å². The first kappa shape index (κ1) is 41.2. The molecule has 51 heavy (non-hydrogen) atoms. The fraction of sp³-hybridized carbons (Fsp3) is 0.119. The van der Waals surface area contributed by atoms with Crippen molar-refractivity contribution < 1.29 is 29.1 Å². The fourth-order valence-corrected chi connectivity index (χ4v) is 14.2. The highest BCUT2D eigenvalue weighted by Gasteiger charge is 2.44. The van der Waals surface area contributed by atoms with Gasteiger partial charge in [-0.1, -0.05) is 109 Å². The Kier molecular flexibility index (Phi) is 16.6. The molecule has 0 aromatic heterocycles. The summed E-state index contributed by atoms with van der Waals surface area (Å²) in [6, 6.07) is 66.0. The molecule has 0 bridgehead atoms. The Labute approximate surface area is 303 Å². The summed E-state index contributed by atoms with van der Waals surface area (Å²) in [5, 5.41) is 16.2. The molecule has 0 saturated heterocycles. The van der Waals surface area contributed by atoms with Crippen molar-refractivity contribution in [1.82, 2.24) is 0 Å². The number of rotatable bonds is 8. The van der Waals surface area contributed by atoms with Crippen LogP contribution in [0.5, 0.6) is 0 Å². The van der Waals surface area contributed by atoms with Crippen LogP contribution in [0.3, 0.4) is 0 Å². The molecule has 0 heterocycles. The van der Waals surface area contributed by atoms with Gasteiger partial charge in [0, 0.05) is 6.92 Å². The van der Waals surface area contributed by atoms with Crippen molar-refractivity contribution in [3.63, 3.8) is 0 Å². The molecule has 6 nitrogen and oxygen atoms in total. The van der Waals surface area contributed by atoms with E-state index in [2.05, 4.69) is 196 Å². The smallest absolute Gasteiger partial charge is 0.300 e. The minimum Gasteiger partial charge on any atom is -0.790 e. The molecule has 2 N–H and O–H groups in total. The van der Waals surface area contributed by atoms with E-state index in [0.29, 0.717) is 0 Å². The number of phosphoric acid groups is 1. The highest BCUT2D eigenvalue weighted by atomic mass is 31.2. The Morgan fingerprint density at radius 2 is 0.588 bits per heavy atom. The van der Waals surface area contributed by atoms with Crippen LogP contribution in [-0.4, -0.2) is 28.3 Å². The molecule has 6 aromatic rings. The van der Waals surface area contributed by atoms with Crippen molar-refractivity contribution in [3.05, 3.63) is 182 Å². The Bertz CT molecular complexity index is 1560. The van der Waals surface area contributed by atoms with Crippen molar-refractivity contribution in [1.29, 1.82) is 0 Å². The minimum absolute atomic E-state index is 0.833. The van der Waals surface area contributed by atoms with Crippen molar-refractivity contribution >= 4 is 60.1 Å². The number of aliphatic carboxylic acids is 1. The van der Waals surface area contributed by atoms with Gasteiger partial charge < -0.3 is 24.4 Å². The third-order valence-electron chi connectivity index (χ3n) is 8.13. The van der Waals surface area contributed by atoms with Crippen LogP contribution in [-0.2, 0) is 9.36 Å². The summed E-state index contributed by atoms with van der Waals surface area (Å²) >= 11 is 0. The van der Waals surface area contributed by atoms with Gasteiger partial charge in [-0.15, -0.1) is 0 Å². The number of carbonyl (C=O) groups is 1. The van der Waals surface area contributed by atoms with E-state index in [4.69, 9.17) is 29.1 Å². The van der Waals surface area contributed by atoms with E-state index < -0.39 is 28.3 Å². The third kappa shape index (κ3) is 11.9. The Balaban J connectivity index is 0.000000223. The number of hydrogen-bond donors (Lipinski definition) is 2. The van der Waals surface area contributed by atoms with Crippen molar-refractivity contribution in [3.8, 4) is 0 Å². The van der Waals surface area contributed by atoms with E-state index in [1.165, 1.54) is 31.8 Å². The molecule has 0 aliphatic carbocycles. The van der Waals surface area contributed by atoms with Crippen molar-refractivity contribution in [2.45, 2.75) is 20.8 Å². The number of carboxylic acids is 1. The van der Waals surface area contributed by atoms with Crippen molar-refractivity contribution in [2.24, 2.45) is 0 Å². The van der Waals surface area contributed by atoms with E-state index >= 15 is 0 Å². The monoisotopic (exact) mass is 738 g/mol. The SMILES string of the molecule is CC(=O)O.CC[P+](c1ccccc1)(c1ccccc1)c1ccccc1.CC[P+](c1ccccc1)(c1ccccc1)c1ccccc1.O=P([O-])([O-])O. The molecule has 264 valence electrons. The molecule has 0 spiro atoms. The van der Waals surface area contributed by atoms with Gasteiger partial charge in [0.15, 0.2) is 0 Å². The normalized spacial score (nSPS) is 10.9. The quantitative estimate of drug-likeness (QED) is 0.188. The predicted octanol–water partition coefficient (Wildman–Crippen LogP) is 5.90. The molecule has 0 unspecified atom stereocenters. The summed E-state index contributed by atoms with van der Waals surface area (Å²) in [5.41, 5.74) is 0. The molecule has 6 rings (SSSR count). The summed E-state index contributed by atoms with van der Waals surface area (Å²) in [6.07, 6.45) is 2.29. The van der Waals surface area contributed by atoms with E-state index in [0.717, 1.165) is 19.2 Å². The van der Waals surface area contributed by atoms with Gasteiger partial charge in [0.2, 0.25) is 0 Å². The van der Waals surface area contributed by atoms with Crippen molar-refractivity contribution in [2.75, 3.05) is 12.3 Å². The molecule has 0 fully saturated rings. The van der Waals surface area contributed by atoms with Gasteiger partial charge in [-0.05, 0) is 86.6 Å². The molecule has 9 heteroatoms. The van der Waals surface area contributed by atoms with Gasteiger partial charge >= 0.3 is 0 Å². The van der Waals surface area contributed by atoms with Gasteiger partial charge in [-0.3, -0.25) is 4.79 Å². The maximum Gasteiger partial charge on any atom is 0.300 e. The highest BCUT2D eigenvalue weighted by molar-refractivity contribution is 7.96. The number of hydrogen-bond acceptors (Lipinski definition) is 4. The van der Waals surface area contributed by atoms with Gasteiger partial charge in [0.05, 0.1) is 20.1 Å². The summed E-state index contributed by atoms with van der Waals surface area (Å²) in [5.74, 6) is -0.833. The highest BCUT2D eigenvalue weighted by Crippen LogP contribution is 2.55. The van der Waals surface area contributed by atoms with Crippen LogP contribution in [0.25, 0.3) is 0 Å². The maximum atomic E-state index is 9.00. The Morgan fingerprint density at radius 3 is 0.686 bits per heavy atom. The number of benzene rings is 6. The lowest BCUT2D eigenvalue weighted by atomic mass is 10.4. The van der Waals surface area contributed by atoms with Crippen LogP contribution >= 0.6 is 22.3 Å². The largest absolute Gasteiger partial charge is 0.790 e. The van der Waals surface area contributed by atoms with Gasteiger partial charge in [0.1, 0.15) is 46.4 Å². The first-order valence-electron chi connectivity index (χ1n) is 16.5. The second kappa shape index (κ2) is 20.6. The number of carboxylic acid groups (broad SMARTS) is 1. The van der Waals surface area contributed by atoms with Crippen LogP contribution in [0.1, 0.15) is 20.8 Å². The summed E-state index contributed by atoms with van der Waals surface area (Å²) in [4.78, 5) is 33.3. The second-order valence-corrected chi connectivity index (χ2v) is 19.8. The lowest BCUT2D eigenvalue weighted by molar-refractivity contribution is -0.337. The van der Waals surface area contributed by atoms with Crippen LogP contribution in [0, 0.1) is 0 Å². The van der Waals surface area contributed by atoms with E-state index in [-0.39, 0.29) is 0 Å². The molecule has 0 saturated carbocycles. The standard InChI is InChI=1S/2C20H20P.C2H4O2.H3O4P/c2*1-2-21(18-12-6-3-7-13-18,19-14-8-4-9-15-19)20-16-10-5-11-17-20;1-2(3)4;1-5(2,3)4/h2*3-17H,2H2,1H3;1H3,(H,3,4);(H3,1,2,3,4)/q2*+1;;/p-2. The topological polar surface area (TPSA) is 121 Å². The lowest BCUT2D eigenvalue weighted by Crippen LogP contribution is -2.32. The van der Waals surface area contributed by atoms with E-state index in [1.807, 2.05) is 0 Å². The fourth-order valence-electron chi connectivity index (χ4n) is 6.08. The predicted molar refractivity (Wildman–Crippen MR) is 215 cm³/mol. The first-order valence-corrected chi connectivity index (χ1v) is 22.0. The molecule has 0 radical (unpaired) electrons. The molecular formula is C42H45O6P3. The Morgan fingerprint density at radius 1 is 0.471 bits per heavy atom. The minimum atomic E-state index is -5.14. The first-order chi connectivity index (χ1) is 24.5. The van der Waals surface area contributed by atoms with Crippen LogP contribution < -0.4 is 41.6 Å². The van der Waals surface area contributed by atoms with Gasteiger partial charge in [0.25, 0.3) is 5.97 Å². The molecular weight excluding hydrogens is 693 g/mol. The zero-order valence-corrected chi connectivity index (χ0v) is 31.8. The summed E-state index contributed by atoms with van der Waals surface area (Å²) in [7, 11) is -8.21. The molecule has 0 aliphatic heterocycles. The maximum absolute atomic E-state index is 9.00. The zero-order valence-electron chi connectivity index (χ0n) is 29.1. The van der Waals surface area contributed by atoms with Crippen LogP contribution in [0.2, 0.25) is 0 Å². The van der Waals surface area contributed by atoms with E-state index in [1.54, 1.807) is 0 Å². The average molecular weight is 739 g/mol. The summed E-state index contributed by atoms with van der Waals surface area (Å²) in [6.45, 7) is 5.72. The van der Waals surface area contributed by atoms with Crippen LogP contribution in [0.15, 0.2) is 182 Å². The molecule has 6 aromatic carbocycles. The van der Waals surface area contributed by atoms with Gasteiger partial charge in [-0.2, -0.15) is 0 Å². The van der Waals surface area contributed by atoms with Gasteiger partial charge in [-0.25, -0.2) is 0 Å². The molecule has 0 atom stereocenters. The Hall–Kier alpha value is -4.24. The lowest BCUT2D eigenvalue weighted by Gasteiger charge is -2.26. The molecule has 0 aliphatic rings.